The van der Waals surface area contributed by atoms with Crippen molar-refractivity contribution in [2.45, 2.75) is 24.7 Å². The average molecular weight is 917 g/mol. The second-order valence-corrected chi connectivity index (χ2v) is 15.0. The Hall–Kier alpha value is -7.90. The molecule has 0 atom stereocenters. The summed E-state index contributed by atoms with van der Waals surface area (Å²) in [5.74, 6) is 0. The van der Waals surface area contributed by atoms with Crippen LogP contribution < -0.4 is 0 Å². The van der Waals surface area contributed by atoms with Crippen LogP contribution in [-0.4, -0.2) is 38.2 Å². The van der Waals surface area contributed by atoms with Crippen molar-refractivity contribution in [2.75, 3.05) is 0 Å². The van der Waals surface area contributed by atoms with E-state index in [2.05, 4.69) is 0 Å². The molecule has 10 aromatic rings. The zero-order valence-corrected chi connectivity index (χ0v) is 33.0. The molecule has 4 heterocycles. The lowest BCUT2D eigenvalue weighted by Crippen LogP contribution is -2.11. The second kappa shape index (κ2) is 14.8. The Morgan fingerprint density at radius 3 is 0.697 bits per heavy atom. The van der Waals surface area contributed by atoms with E-state index in [1.165, 1.54) is 91.6 Å². The first-order valence-corrected chi connectivity index (χ1v) is 19.4. The molecular weight excluding hydrogens is 893 g/mol. The fourth-order valence-electron chi connectivity index (χ4n) is 7.67. The predicted octanol–water partition coefficient (Wildman–Crippen LogP) is 13.4. The van der Waals surface area contributed by atoms with Gasteiger partial charge >= 0.3 is 24.7 Å². The molecule has 20 heteroatoms. The third kappa shape index (κ3) is 7.56. The molecule has 0 saturated heterocycles. The summed E-state index contributed by atoms with van der Waals surface area (Å²) in [6.45, 7) is 0. The molecule has 332 valence electrons. The highest BCUT2D eigenvalue weighted by molar-refractivity contribution is 6.03. The van der Waals surface area contributed by atoms with Crippen molar-refractivity contribution in [3.8, 4) is 22.7 Å². The Labute approximate surface area is 361 Å². The Morgan fingerprint density at radius 1 is 0.288 bits per heavy atom. The molecule has 0 unspecified atom stereocenters. The van der Waals surface area contributed by atoms with Crippen LogP contribution in [0.5, 0.6) is 0 Å². The maximum atomic E-state index is 13.9. The van der Waals surface area contributed by atoms with E-state index in [0.29, 0.717) is 10.8 Å². The fraction of sp³-hybridized carbons (Fsp3) is 0.0870. The van der Waals surface area contributed by atoms with E-state index >= 15 is 0 Å². The third-order valence-corrected chi connectivity index (χ3v) is 10.8. The summed E-state index contributed by atoms with van der Waals surface area (Å²) in [5.41, 5.74) is -3.12. The van der Waals surface area contributed by atoms with Crippen LogP contribution in [-0.2, 0) is 24.7 Å². The van der Waals surface area contributed by atoms with Crippen LogP contribution in [0.2, 0.25) is 0 Å². The summed E-state index contributed by atoms with van der Waals surface area (Å²) in [7, 11) is 0. The van der Waals surface area contributed by atoms with E-state index < -0.39 is 47.0 Å². The van der Waals surface area contributed by atoms with Gasteiger partial charge in [-0.15, -0.1) is 0 Å². The molecule has 0 amide bonds. The van der Waals surface area contributed by atoms with Crippen molar-refractivity contribution in [3.63, 3.8) is 0 Å². The second-order valence-electron chi connectivity index (χ2n) is 15.0. The van der Waals surface area contributed by atoms with Gasteiger partial charge in [-0.25, -0.2) is 19.9 Å². The maximum Gasteiger partial charge on any atom is 0.416 e. The topological polar surface area (TPSA) is 71.3 Å². The van der Waals surface area contributed by atoms with E-state index in [9.17, 15) is 52.7 Å². The van der Waals surface area contributed by atoms with Gasteiger partial charge in [-0.05, 0) is 108 Å². The van der Waals surface area contributed by atoms with Crippen molar-refractivity contribution >= 4 is 55.4 Å². The lowest BCUT2D eigenvalue weighted by atomic mass is 10.1. The van der Waals surface area contributed by atoms with Crippen LogP contribution in [0.4, 0.5) is 52.7 Å². The average Bonchev–Trinajstić information content (AvgIpc) is 3.27. The van der Waals surface area contributed by atoms with Gasteiger partial charge in [-0.1, -0.05) is 24.3 Å². The molecule has 8 nitrogen and oxygen atoms in total. The number of halogens is 12. The molecule has 6 aromatic carbocycles. The normalized spacial score (nSPS) is 12.8. The van der Waals surface area contributed by atoms with Crippen LogP contribution in [0.1, 0.15) is 22.3 Å². The van der Waals surface area contributed by atoms with Gasteiger partial charge in [0.2, 0.25) is 0 Å². The van der Waals surface area contributed by atoms with E-state index in [1.807, 2.05) is 0 Å². The summed E-state index contributed by atoms with van der Waals surface area (Å²) in [4.78, 5) is 19.2. The molecular formula is C46H24F12N8. The number of nitrogens with zero attached hydrogens (tertiary/aromatic N) is 8. The van der Waals surface area contributed by atoms with Crippen molar-refractivity contribution in [3.05, 3.63) is 168 Å². The van der Waals surface area contributed by atoms with Crippen LogP contribution in [0.3, 0.4) is 0 Å². The van der Waals surface area contributed by atoms with E-state index in [-0.39, 0.29) is 67.4 Å². The predicted molar refractivity (Wildman–Crippen MR) is 220 cm³/mol. The minimum atomic E-state index is -4.71. The number of aromatic nitrogens is 8. The summed E-state index contributed by atoms with van der Waals surface area (Å²) in [5, 5.41) is 0.939. The number of fused-ring (bicyclic) bond motifs is 5. The maximum absolute atomic E-state index is 13.9. The van der Waals surface area contributed by atoms with Crippen LogP contribution in [0.15, 0.2) is 146 Å². The standard InChI is InChI=1S/C46H24F12N8/c47-43(48,49)27-5-1-9-31(21-27)63-13-14-64(32-10-2-6-28(22-32)44(50,51)52)40-39(63)59-35-17-25-19-37-38(20-26(25)18-36(35)60-40)62-42-41(61-37)65(33-11-3-7-29(23-33)45(53,54)55)15-16-66(42)34-12-4-8-30(24-34)46(56,57)58/h1-24H. The van der Waals surface area contributed by atoms with Gasteiger partial charge in [0.25, 0.3) is 0 Å². The number of rotatable bonds is 4. The quantitative estimate of drug-likeness (QED) is 0.130. The molecule has 0 aliphatic heterocycles. The molecule has 4 aromatic heterocycles. The van der Waals surface area contributed by atoms with Crippen molar-refractivity contribution in [2.24, 2.45) is 0 Å². The van der Waals surface area contributed by atoms with Crippen molar-refractivity contribution in [1.29, 1.82) is 0 Å². The Kier molecular flexibility index (Phi) is 9.45. The highest BCUT2D eigenvalue weighted by Crippen LogP contribution is 2.36. The van der Waals surface area contributed by atoms with Crippen LogP contribution >= 0.6 is 0 Å². The zero-order valence-electron chi connectivity index (χ0n) is 33.0. The third-order valence-electron chi connectivity index (χ3n) is 10.8. The molecule has 0 radical (unpaired) electrons. The van der Waals surface area contributed by atoms with Gasteiger partial charge in [-0.2, -0.15) is 52.7 Å². The largest absolute Gasteiger partial charge is 0.416 e. The summed E-state index contributed by atoms with van der Waals surface area (Å²) >= 11 is 0. The smallest absolute Gasteiger partial charge is 0.297 e. The SMILES string of the molecule is FC(F)(F)c1cccc(-n2ccn(-c3cccc(C(F)(F)F)c3)c3nc4cc5cc6nc7c(nc6cc5cc4nc32)n(-c2cccc(C(F)(F)F)c2)ccn7-c2cccc(C(F)(F)F)c2)c1. The molecule has 0 aliphatic carbocycles. The van der Waals surface area contributed by atoms with E-state index in [0.717, 1.165) is 48.5 Å². The summed E-state index contributed by atoms with van der Waals surface area (Å²) in [6.07, 6.45) is -13.5. The monoisotopic (exact) mass is 916 g/mol. The summed E-state index contributed by atoms with van der Waals surface area (Å²) < 4.78 is 172. The Balaban J connectivity index is 1.22. The van der Waals surface area contributed by atoms with Crippen molar-refractivity contribution < 1.29 is 52.7 Å². The van der Waals surface area contributed by atoms with Crippen LogP contribution in [0, 0.1) is 0 Å². The highest BCUT2D eigenvalue weighted by Gasteiger charge is 2.34. The van der Waals surface area contributed by atoms with Gasteiger partial charge in [0, 0.05) is 47.5 Å². The highest BCUT2D eigenvalue weighted by atomic mass is 19.4. The lowest BCUT2D eigenvalue weighted by molar-refractivity contribution is -0.138. The number of benzene rings is 6. The first-order valence-electron chi connectivity index (χ1n) is 19.4. The molecule has 0 saturated carbocycles. The Bertz CT molecular complexity index is 3160. The first-order chi connectivity index (χ1) is 31.2. The number of hydrogen-bond acceptors (Lipinski definition) is 4. The molecule has 0 aliphatic rings. The van der Waals surface area contributed by atoms with Gasteiger partial charge in [0.15, 0.2) is 22.6 Å². The molecule has 0 spiro atoms. The number of alkyl halides is 12. The van der Waals surface area contributed by atoms with Gasteiger partial charge in [0.05, 0.1) is 44.3 Å². The van der Waals surface area contributed by atoms with Gasteiger partial charge in [0.1, 0.15) is 0 Å². The molecule has 66 heavy (non-hydrogen) atoms. The van der Waals surface area contributed by atoms with Gasteiger partial charge < -0.3 is 0 Å². The molecule has 10 rings (SSSR count). The van der Waals surface area contributed by atoms with E-state index in [4.69, 9.17) is 19.9 Å². The molecule has 0 fully saturated rings. The summed E-state index contributed by atoms with van der Waals surface area (Å²) in [6, 6.07) is 23.8. The fourth-order valence-corrected chi connectivity index (χ4v) is 7.67. The minimum Gasteiger partial charge on any atom is -0.297 e. The van der Waals surface area contributed by atoms with E-state index in [1.54, 1.807) is 24.3 Å². The molecule has 0 bridgehead atoms. The lowest BCUT2D eigenvalue weighted by Gasteiger charge is -2.18. The van der Waals surface area contributed by atoms with Gasteiger partial charge in [-0.3, -0.25) is 18.3 Å². The number of hydrogen-bond donors (Lipinski definition) is 0. The molecule has 0 N–H and O–H groups in total. The first kappa shape index (κ1) is 42.1. The van der Waals surface area contributed by atoms with Crippen LogP contribution in [0.25, 0.3) is 78.2 Å². The zero-order chi connectivity index (χ0) is 46.5. The Morgan fingerprint density at radius 2 is 0.500 bits per heavy atom. The minimum absolute atomic E-state index is 0.0186. The van der Waals surface area contributed by atoms with Crippen molar-refractivity contribution in [1.82, 2.24) is 38.2 Å².